The third kappa shape index (κ3) is 3.56. The lowest BCUT2D eigenvalue weighted by Crippen LogP contribution is -2.34. The van der Waals surface area contributed by atoms with E-state index in [4.69, 9.17) is 0 Å². The zero-order valence-electron chi connectivity index (χ0n) is 12.8. The van der Waals surface area contributed by atoms with Crippen molar-refractivity contribution in [1.29, 1.82) is 0 Å². The molecule has 0 unspecified atom stereocenters. The lowest BCUT2D eigenvalue weighted by molar-refractivity contribution is 0.0724. The van der Waals surface area contributed by atoms with E-state index in [0.29, 0.717) is 0 Å². The first-order valence-corrected chi connectivity index (χ1v) is 9.27. The smallest absolute Gasteiger partial charge is 0.0329 e. The Balaban J connectivity index is 1.68. The maximum Gasteiger partial charge on any atom is -0.0329 e. The van der Waals surface area contributed by atoms with Gasteiger partial charge in [0, 0.05) is 0 Å². The van der Waals surface area contributed by atoms with E-state index >= 15 is 0 Å². The third-order valence-electron chi connectivity index (χ3n) is 6.42. The van der Waals surface area contributed by atoms with Gasteiger partial charge < -0.3 is 0 Å². The van der Waals surface area contributed by atoms with Gasteiger partial charge in [-0.15, -0.1) is 0 Å². The quantitative estimate of drug-likeness (QED) is 0.571. The molecular formula is C19H33. The standard InChI is InChI=1S/C19H33/c1-4-10-16(11-5-1)19(17-12-6-2-7-13-17)18-14-8-3-9-15-18/h1,16-19H,2-15H2. The lowest BCUT2D eigenvalue weighted by atomic mass is 9.62. The van der Waals surface area contributed by atoms with Gasteiger partial charge in [0.25, 0.3) is 0 Å². The van der Waals surface area contributed by atoms with E-state index in [1.165, 1.54) is 64.2 Å². The molecule has 0 nitrogen and oxygen atoms in total. The molecule has 0 spiro atoms. The second-order valence-corrected chi connectivity index (χ2v) is 7.58. The maximum absolute atomic E-state index is 2.55. The van der Waals surface area contributed by atoms with Crippen LogP contribution < -0.4 is 0 Å². The van der Waals surface area contributed by atoms with Crippen LogP contribution in [0.15, 0.2) is 0 Å². The summed E-state index contributed by atoms with van der Waals surface area (Å²) in [6, 6.07) is 0. The van der Waals surface area contributed by atoms with Gasteiger partial charge in [-0.3, -0.25) is 0 Å². The summed E-state index contributed by atoms with van der Waals surface area (Å²) in [6.45, 7) is 0. The van der Waals surface area contributed by atoms with Crippen molar-refractivity contribution in [2.45, 2.75) is 89.9 Å². The van der Waals surface area contributed by atoms with Gasteiger partial charge >= 0.3 is 0 Å². The molecule has 3 fully saturated rings. The Bertz CT molecular complexity index is 196. The molecule has 109 valence electrons. The van der Waals surface area contributed by atoms with E-state index < -0.39 is 0 Å². The van der Waals surface area contributed by atoms with Crippen LogP contribution in [0.2, 0.25) is 0 Å². The summed E-state index contributed by atoms with van der Waals surface area (Å²) in [4.78, 5) is 0. The first-order chi connectivity index (χ1) is 9.45. The van der Waals surface area contributed by atoms with Crippen LogP contribution in [-0.4, -0.2) is 0 Å². The molecule has 1 radical (unpaired) electrons. The molecule has 0 atom stereocenters. The summed E-state index contributed by atoms with van der Waals surface area (Å²) in [7, 11) is 0. The first kappa shape index (κ1) is 14.0. The highest BCUT2D eigenvalue weighted by atomic mass is 14.4. The Kier molecular flexibility index (Phi) is 5.24. The van der Waals surface area contributed by atoms with Crippen LogP contribution in [0.4, 0.5) is 0 Å². The molecule has 0 aromatic rings. The topological polar surface area (TPSA) is 0 Å². The highest BCUT2D eigenvalue weighted by molar-refractivity contribution is 4.89. The van der Waals surface area contributed by atoms with Gasteiger partial charge in [-0.05, 0) is 55.8 Å². The summed E-state index contributed by atoms with van der Waals surface area (Å²) in [5, 5.41) is 0. The van der Waals surface area contributed by atoms with E-state index in [0.717, 1.165) is 23.7 Å². The summed E-state index contributed by atoms with van der Waals surface area (Å²) in [6.07, 6.45) is 23.9. The maximum atomic E-state index is 2.55. The first-order valence-electron chi connectivity index (χ1n) is 9.27. The normalized spacial score (nSPS) is 28.9. The van der Waals surface area contributed by atoms with Crippen LogP contribution >= 0.6 is 0 Å². The summed E-state index contributed by atoms with van der Waals surface area (Å²) in [5.74, 6) is 4.44. The van der Waals surface area contributed by atoms with Crippen molar-refractivity contribution in [3.05, 3.63) is 6.42 Å². The van der Waals surface area contributed by atoms with Crippen LogP contribution in [0.25, 0.3) is 0 Å². The minimum atomic E-state index is 1.09. The van der Waals surface area contributed by atoms with E-state index in [-0.39, 0.29) is 0 Å². The van der Waals surface area contributed by atoms with Crippen LogP contribution in [-0.2, 0) is 0 Å². The summed E-state index contributed by atoms with van der Waals surface area (Å²) < 4.78 is 0. The number of hydrogen-bond acceptors (Lipinski definition) is 0. The lowest BCUT2D eigenvalue weighted by Gasteiger charge is -2.43. The molecule has 0 heteroatoms. The van der Waals surface area contributed by atoms with Crippen molar-refractivity contribution in [3.8, 4) is 0 Å². The zero-order chi connectivity index (χ0) is 12.9. The van der Waals surface area contributed by atoms with Crippen molar-refractivity contribution in [3.63, 3.8) is 0 Å². The molecule has 0 aromatic carbocycles. The molecule has 3 aliphatic carbocycles. The van der Waals surface area contributed by atoms with Crippen LogP contribution in [0, 0.1) is 30.1 Å². The van der Waals surface area contributed by atoms with E-state index in [9.17, 15) is 0 Å². The highest BCUT2D eigenvalue weighted by Gasteiger charge is 2.36. The monoisotopic (exact) mass is 261 g/mol. The summed E-state index contributed by atoms with van der Waals surface area (Å²) >= 11 is 0. The second kappa shape index (κ2) is 7.14. The van der Waals surface area contributed by atoms with Crippen molar-refractivity contribution in [2.75, 3.05) is 0 Å². The fourth-order valence-corrected chi connectivity index (χ4v) is 5.53. The van der Waals surface area contributed by atoms with Crippen molar-refractivity contribution >= 4 is 0 Å². The van der Waals surface area contributed by atoms with Crippen LogP contribution in [0.5, 0.6) is 0 Å². The molecule has 0 N–H and O–H groups in total. The molecule has 3 saturated carbocycles. The van der Waals surface area contributed by atoms with E-state index in [2.05, 4.69) is 6.42 Å². The molecule has 0 heterocycles. The molecule has 0 amide bonds. The molecule has 3 aliphatic rings. The van der Waals surface area contributed by atoms with Gasteiger partial charge in [-0.2, -0.15) is 0 Å². The molecular weight excluding hydrogens is 228 g/mol. The predicted molar refractivity (Wildman–Crippen MR) is 82.9 cm³/mol. The molecule has 3 rings (SSSR count). The summed E-state index contributed by atoms with van der Waals surface area (Å²) in [5.41, 5.74) is 0. The van der Waals surface area contributed by atoms with Crippen molar-refractivity contribution < 1.29 is 0 Å². The highest BCUT2D eigenvalue weighted by Crippen LogP contribution is 2.47. The SMILES string of the molecule is [CH]1CCC(C(C2CCCCC2)C2CCCCC2)CC1. The molecule has 0 bridgehead atoms. The van der Waals surface area contributed by atoms with Gasteiger partial charge in [0.2, 0.25) is 0 Å². The Hall–Kier alpha value is 0. The minimum Gasteiger partial charge on any atom is -0.0533 e. The Labute approximate surface area is 120 Å². The second-order valence-electron chi connectivity index (χ2n) is 7.58. The Morgan fingerprint density at radius 3 is 1.42 bits per heavy atom. The van der Waals surface area contributed by atoms with Gasteiger partial charge in [0.15, 0.2) is 0 Å². The number of rotatable bonds is 3. The minimum absolute atomic E-state index is 1.09. The van der Waals surface area contributed by atoms with Gasteiger partial charge in [0.05, 0.1) is 0 Å². The average molecular weight is 261 g/mol. The molecule has 0 saturated heterocycles. The predicted octanol–water partition coefficient (Wildman–Crippen LogP) is 6.16. The largest absolute Gasteiger partial charge is 0.0533 e. The van der Waals surface area contributed by atoms with Gasteiger partial charge in [-0.1, -0.05) is 64.2 Å². The fraction of sp³-hybridized carbons (Fsp3) is 0.947. The van der Waals surface area contributed by atoms with E-state index in [1.807, 2.05) is 0 Å². The third-order valence-corrected chi connectivity index (χ3v) is 6.42. The van der Waals surface area contributed by atoms with Gasteiger partial charge in [-0.25, -0.2) is 0 Å². The fourth-order valence-electron chi connectivity index (χ4n) is 5.53. The van der Waals surface area contributed by atoms with Crippen LogP contribution in [0.1, 0.15) is 89.9 Å². The molecule has 0 aromatic heterocycles. The molecule has 0 aliphatic heterocycles. The average Bonchev–Trinajstić information content (AvgIpc) is 2.51. The van der Waals surface area contributed by atoms with Gasteiger partial charge in [0.1, 0.15) is 0 Å². The Morgan fingerprint density at radius 1 is 0.526 bits per heavy atom. The Morgan fingerprint density at radius 2 is 0.947 bits per heavy atom. The van der Waals surface area contributed by atoms with Crippen molar-refractivity contribution in [1.82, 2.24) is 0 Å². The number of hydrogen-bond donors (Lipinski definition) is 0. The van der Waals surface area contributed by atoms with Crippen LogP contribution in [0.3, 0.4) is 0 Å². The van der Waals surface area contributed by atoms with Crippen molar-refractivity contribution in [2.24, 2.45) is 23.7 Å². The molecule has 19 heavy (non-hydrogen) atoms. The van der Waals surface area contributed by atoms with E-state index in [1.54, 1.807) is 25.7 Å². The zero-order valence-corrected chi connectivity index (χ0v) is 12.8.